The molecule has 2 aromatic rings. The molecule has 0 aliphatic heterocycles. The molecule has 0 aliphatic rings. The number of aryl methyl sites for hydroxylation is 1. The lowest BCUT2D eigenvalue weighted by Gasteiger charge is -2.14. The molecule has 0 fully saturated rings. The van der Waals surface area contributed by atoms with E-state index in [2.05, 4.69) is 25.9 Å². The van der Waals surface area contributed by atoms with E-state index in [1.807, 2.05) is 13.0 Å². The van der Waals surface area contributed by atoms with Gasteiger partial charge in [-0.25, -0.2) is 4.98 Å². The van der Waals surface area contributed by atoms with Crippen LogP contribution in [0.5, 0.6) is 0 Å². The summed E-state index contributed by atoms with van der Waals surface area (Å²) in [6.07, 6.45) is 3.18. The van der Waals surface area contributed by atoms with E-state index in [0.29, 0.717) is 17.0 Å². The lowest BCUT2D eigenvalue weighted by atomic mass is 10.2. The van der Waals surface area contributed by atoms with Crippen molar-refractivity contribution in [2.24, 2.45) is 0 Å². The van der Waals surface area contributed by atoms with Crippen LogP contribution in [-0.2, 0) is 6.54 Å². The van der Waals surface area contributed by atoms with Gasteiger partial charge in [-0.3, -0.25) is 4.79 Å². The lowest BCUT2D eigenvalue weighted by molar-refractivity contribution is 0.0773. The number of nitrogens with one attached hydrogen (secondary N) is 1. The number of aromatic nitrogens is 2. The average molecular weight is 298 g/mol. The maximum absolute atomic E-state index is 12.0. The first-order chi connectivity index (χ1) is 8.08. The van der Waals surface area contributed by atoms with Crippen molar-refractivity contribution < 1.29 is 9.21 Å². The smallest absolute Gasteiger partial charge is 0.289 e. The molecule has 5 nitrogen and oxygen atoms in total. The molecule has 2 aromatic heterocycles. The Balaban J connectivity index is 2.08. The predicted molar refractivity (Wildman–Crippen MR) is 65.5 cm³/mol. The highest BCUT2D eigenvalue weighted by atomic mass is 79.9. The summed E-state index contributed by atoms with van der Waals surface area (Å²) < 4.78 is 5.87. The van der Waals surface area contributed by atoms with Crippen molar-refractivity contribution in [3.05, 3.63) is 40.3 Å². The number of carbonyl (C=O) groups excluding carboxylic acids is 1. The molecule has 0 spiro atoms. The first-order valence-electron chi connectivity index (χ1n) is 5.07. The summed E-state index contributed by atoms with van der Waals surface area (Å²) in [5, 5.41) is 0. The molecular formula is C11H12BrN3O2. The second kappa shape index (κ2) is 4.75. The van der Waals surface area contributed by atoms with Gasteiger partial charge in [0.15, 0.2) is 5.82 Å². The molecule has 1 amide bonds. The zero-order chi connectivity index (χ0) is 12.4. The lowest BCUT2D eigenvalue weighted by Crippen LogP contribution is -2.27. The van der Waals surface area contributed by atoms with E-state index in [9.17, 15) is 4.79 Å². The van der Waals surface area contributed by atoms with Crippen molar-refractivity contribution in [3.8, 4) is 0 Å². The molecule has 0 bridgehead atoms. The van der Waals surface area contributed by atoms with E-state index >= 15 is 0 Å². The SMILES string of the molecule is Cc1occc1CN(C)C(=O)c1ncc(Br)[nH]1. The number of H-pyrrole nitrogens is 1. The van der Waals surface area contributed by atoms with Gasteiger partial charge >= 0.3 is 0 Å². The Hall–Kier alpha value is -1.56. The summed E-state index contributed by atoms with van der Waals surface area (Å²) in [4.78, 5) is 20.4. The van der Waals surface area contributed by atoms with Gasteiger partial charge < -0.3 is 14.3 Å². The van der Waals surface area contributed by atoms with Gasteiger partial charge in [-0.05, 0) is 28.9 Å². The topological polar surface area (TPSA) is 62.1 Å². The quantitative estimate of drug-likeness (QED) is 0.946. The minimum atomic E-state index is -0.156. The highest BCUT2D eigenvalue weighted by molar-refractivity contribution is 9.10. The second-order valence-corrected chi connectivity index (χ2v) is 4.60. The molecule has 17 heavy (non-hydrogen) atoms. The fraction of sp³-hybridized carbons (Fsp3) is 0.273. The van der Waals surface area contributed by atoms with Crippen molar-refractivity contribution in [3.63, 3.8) is 0 Å². The molecule has 0 radical (unpaired) electrons. The number of nitrogens with zero attached hydrogens (tertiary/aromatic N) is 2. The van der Waals surface area contributed by atoms with Crippen LogP contribution in [0.4, 0.5) is 0 Å². The molecule has 0 aliphatic carbocycles. The van der Waals surface area contributed by atoms with E-state index < -0.39 is 0 Å². The van der Waals surface area contributed by atoms with Gasteiger partial charge in [0.2, 0.25) is 0 Å². The van der Waals surface area contributed by atoms with Gasteiger partial charge in [-0.15, -0.1) is 0 Å². The molecule has 0 aromatic carbocycles. The van der Waals surface area contributed by atoms with Crippen LogP contribution < -0.4 is 0 Å². The van der Waals surface area contributed by atoms with E-state index in [0.717, 1.165) is 11.3 Å². The third-order valence-electron chi connectivity index (χ3n) is 2.47. The third kappa shape index (κ3) is 2.58. The number of carbonyl (C=O) groups is 1. The Morgan fingerprint density at radius 2 is 2.41 bits per heavy atom. The van der Waals surface area contributed by atoms with Crippen molar-refractivity contribution in [1.82, 2.24) is 14.9 Å². The van der Waals surface area contributed by atoms with Crippen LogP contribution in [-0.4, -0.2) is 27.8 Å². The number of hydrogen-bond donors (Lipinski definition) is 1. The number of aromatic amines is 1. The predicted octanol–water partition coefficient (Wildman–Crippen LogP) is 2.35. The Kier molecular flexibility index (Phi) is 3.33. The Morgan fingerprint density at radius 3 is 2.94 bits per heavy atom. The minimum absolute atomic E-state index is 0.156. The molecule has 1 N–H and O–H groups in total. The fourth-order valence-electron chi connectivity index (χ4n) is 1.49. The highest BCUT2D eigenvalue weighted by Crippen LogP contribution is 2.13. The van der Waals surface area contributed by atoms with Crippen LogP contribution in [0.25, 0.3) is 0 Å². The third-order valence-corrected chi connectivity index (χ3v) is 2.87. The first kappa shape index (κ1) is 11.9. The summed E-state index contributed by atoms with van der Waals surface area (Å²) in [7, 11) is 1.73. The molecule has 6 heteroatoms. The van der Waals surface area contributed by atoms with Crippen molar-refractivity contribution in [1.29, 1.82) is 0 Å². The van der Waals surface area contributed by atoms with Gasteiger partial charge in [-0.1, -0.05) is 0 Å². The number of imidazole rings is 1. The van der Waals surface area contributed by atoms with Gasteiger partial charge in [0.05, 0.1) is 12.5 Å². The van der Waals surface area contributed by atoms with Crippen molar-refractivity contribution in [2.45, 2.75) is 13.5 Å². The zero-order valence-corrected chi connectivity index (χ0v) is 11.1. The normalized spacial score (nSPS) is 10.5. The summed E-state index contributed by atoms with van der Waals surface area (Å²) in [5.41, 5.74) is 0.992. The summed E-state index contributed by atoms with van der Waals surface area (Å²) in [5.74, 6) is 0.988. The molecule has 2 heterocycles. The number of hydrogen-bond acceptors (Lipinski definition) is 3. The molecule has 0 saturated heterocycles. The number of rotatable bonds is 3. The van der Waals surface area contributed by atoms with Crippen LogP contribution in [0.1, 0.15) is 21.9 Å². The van der Waals surface area contributed by atoms with Crippen LogP contribution >= 0.6 is 15.9 Å². The van der Waals surface area contributed by atoms with Crippen LogP contribution in [0.15, 0.2) is 27.5 Å². The molecule has 0 saturated carbocycles. The highest BCUT2D eigenvalue weighted by Gasteiger charge is 2.16. The maximum atomic E-state index is 12.0. The standard InChI is InChI=1S/C11H12BrN3O2/c1-7-8(3-4-17-7)6-15(2)11(16)10-13-5-9(12)14-10/h3-5H,6H2,1-2H3,(H,13,14). The van der Waals surface area contributed by atoms with E-state index in [1.165, 1.54) is 0 Å². The average Bonchev–Trinajstić information content (AvgIpc) is 2.88. The first-order valence-corrected chi connectivity index (χ1v) is 5.86. The maximum Gasteiger partial charge on any atom is 0.289 e. The van der Waals surface area contributed by atoms with Crippen molar-refractivity contribution >= 4 is 21.8 Å². The van der Waals surface area contributed by atoms with Gasteiger partial charge in [-0.2, -0.15) is 0 Å². The molecule has 0 unspecified atom stereocenters. The van der Waals surface area contributed by atoms with Gasteiger partial charge in [0, 0.05) is 19.2 Å². The number of halogens is 1. The van der Waals surface area contributed by atoms with Crippen LogP contribution in [0, 0.1) is 6.92 Å². The summed E-state index contributed by atoms with van der Waals surface area (Å²) in [6, 6.07) is 1.86. The van der Waals surface area contributed by atoms with E-state index in [-0.39, 0.29) is 5.91 Å². The van der Waals surface area contributed by atoms with Gasteiger partial charge in [0.25, 0.3) is 5.91 Å². The molecule has 90 valence electrons. The van der Waals surface area contributed by atoms with Crippen LogP contribution in [0.2, 0.25) is 0 Å². The zero-order valence-electron chi connectivity index (χ0n) is 9.53. The monoisotopic (exact) mass is 297 g/mol. The molecule has 2 rings (SSSR count). The Labute approximate surface area is 107 Å². The van der Waals surface area contributed by atoms with Crippen LogP contribution in [0.3, 0.4) is 0 Å². The van der Waals surface area contributed by atoms with E-state index in [1.54, 1.807) is 24.4 Å². The fourth-order valence-corrected chi connectivity index (χ4v) is 1.78. The van der Waals surface area contributed by atoms with Gasteiger partial charge in [0.1, 0.15) is 10.4 Å². The summed E-state index contributed by atoms with van der Waals surface area (Å²) >= 11 is 3.22. The number of furan rings is 1. The van der Waals surface area contributed by atoms with E-state index in [4.69, 9.17) is 4.42 Å². The Morgan fingerprint density at radius 1 is 1.65 bits per heavy atom. The largest absolute Gasteiger partial charge is 0.469 e. The second-order valence-electron chi connectivity index (χ2n) is 3.74. The number of amides is 1. The van der Waals surface area contributed by atoms with Crippen molar-refractivity contribution in [2.75, 3.05) is 7.05 Å². The summed E-state index contributed by atoms with van der Waals surface area (Å²) in [6.45, 7) is 2.37. The molecular weight excluding hydrogens is 286 g/mol. The molecule has 0 atom stereocenters. The Bertz CT molecular complexity index is 532. The minimum Gasteiger partial charge on any atom is -0.469 e.